The molecule has 2 amide bonds. The third kappa shape index (κ3) is 2.46. The summed E-state index contributed by atoms with van der Waals surface area (Å²) >= 11 is 0. The number of imide groups is 1. The van der Waals surface area contributed by atoms with E-state index >= 15 is 0 Å². The van der Waals surface area contributed by atoms with Crippen LogP contribution in [-0.4, -0.2) is 27.4 Å². The highest BCUT2D eigenvalue weighted by Crippen LogP contribution is 2.23. The lowest BCUT2D eigenvalue weighted by atomic mass is 10.1. The van der Waals surface area contributed by atoms with Crippen molar-refractivity contribution in [2.24, 2.45) is 0 Å². The molecule has 6 nitrogen and oxygen atoms in total. The second kappa shape index (κ2) is 5.55. The fraction of sp³-hybridized carbons (Fsp3) is 0.0556. The van der Waals surface area contributed by atoms with Gasteiger partial charge in [-0.15, -0.1) is 0 Å². The van der Waals surface area contributed by atoms with Gasteiger partial charge >= 0.3 is 5.97 Å². The molecule has 0 atom stereocenters. The van der Waals surface area contributed by atoms with Crippen LogP contribution in [0.25, 0.3) is 10.9 Å². The van der Waals surface area contributed by atoms with Gasteiger partial charge in [-0.1, -0.05) is 17.2 Å². The lowest BCUT2D eigenvalue weighted by molar-refractivity contribution is -0.169. The average Bonchev–Trinajstić information content (AvgIpc) is 3.10. The molecule has 0 fully saturated rings. The molecule has 3 aromatic rings. The molecule has 0 radical (unpaired) electrons. The lowest BCUT2D eigenvalue weighted by Gasteiger charge is -2.13. The Morgan fingerprint density at radius 2 is 1.68 bits per heavy atom. The van der Waals surface area contributed by atoms with Crippen LogP contribution in [0.4, 0.5) is 4.39 Å². The van der Waals surface area contributed by atoms with Crippen molar-refractivity contribution < 1.29 is 23.6 Å². The van der Waals surface area contributed by atoms with E-state index in [1.165, 1.54) is 28.8 Å². The zero-order valence-electron chi connectivity index (χ0n) is 12.8. The van der Waals surface area contributed by atoms with Gasteiger partial charge in [-0.05, 0) is 41.8 Å². The van der Waals surface area contributed by atoms with E-state index in [2.05, 4.69) is 0 Å². The Morgan fingerprint density at radius 1 is 1.00 bits per heavy atom. The van der Waals surface area contributed by atoms with Gasteiger partial charge < -0.3 is 9.40 Å². The summed E-state index contributed by atoms with van der Waals surface area (Å²) in [5.74, 6) is -2.60. The third-order valence-electron chi connectivity index (χ3n) is 3.99. The van der Waals surface area contributed by atoms with Gasteiger partial charge in [-0.2, -0.15) is 0 Å². The molecule has 0 aliphatic carbocycles. The highest BCUT2D eigenvalue weighted by molar-refractivity contribution is 6.20. The second-order valence-corrected chi connectivity index (χ2v) is 5.56. The van der Waals surface area contributed by atoms with Crippen LogP contribution in [0.5, 0.6) is 0 Å². The molecular formula is C18H11FN2O4. The number of aromatic nitrogens is 1. The molecule has 0 saturated heterocycles. The Hall–Kier alpha value is -3.48. The SMILES string of the molecule is O=C(Cn1ccc2ccc(F)cc21)ON1C(=O)c2ccccc2C1=O. The number of halogens is 1. The van der Waals surface area contributed by atoms with Gasteiger partial charge in [0.1, 0.15) is 12.4 Å². The number of benzene rings is 2. The molecule has 0 saturated carbocycles. The van der Waals surface area contributed by atoms with E-state index in [4.69, 9.17) is 4.84 Å². The van der Waals surface area contributed by atoms with Crippen LogP contribution >= 0.6 is 0 Å². The van der Waals surface area contributed by atoms with Gasteiger partial charge in [-0.3, -0.25) is 9.59 Å². The number of hydrogen-bond donors (Lipinski definition) is 0. The average molecular weight is 338 g/mol. The largest absolute Gasteiger partial charge is 0.352 e. The van der Waals surface area contributed by atoms with Crippen molar-refractivity contribution in [1.82, 2.24) is 9.63 Å². The molecule has 2 aromatic carbocycles. The maximum atomic E-state index is 13.4. The van der Waals surface area contributed by atoms with Crippen LogP contribution in [0.3, 0.4) is 0 Å². The normalized spacial score (nSPS) is 13.4. The minimum atomic E-state index is -0.809. The predicted octanol–water partition coefficient (Wildman–Crippen LogP) is 2.53. The highest BCUT2D eigenvalue weighted by atomic mass is 19.1. The van der Waals surface area contributed by atoms with Crippen molar-refractivity contribution in [2.45, 2.75) is 6.54 Å². The standard InChI is InChI=1S/C18H11FN2O4/c19-12-6-5-11-7-8-20(15(11)9-12)10-16(22)25-21-17(23)13-3-1-2-4-14(13)18(21)24/h1-9H,10H2. The Labute approximate surface area is 141 Å². The van der Waals surface area contributed by atoms with Gasteiger partial charge in [0.2, 0.25) is 0 Å². The summed E-state index contributed by atoms with van der Waals surface area (Å²) in [7, 11) is 0. The molecule has 25 heavy (non-hydrogen) atoms. The van der Waals surface area contributed by atoms with Crippen LogP contribution in [0.1, 0.15) is 20.7 Å². The van der Waals surface area contributed by atoms with Crippen LogP contribution in [0.2, 0.25) is 0 Å². The zero-order valence-corrected chi connectivity index (χ0v) is 12.8. The monoisotopic (exact) mass is 338 g/mol. The van der Waals surface area contributed by atoms with Gasteiger partial charge in [0.05, 0.1) is 16.6 Å². The molecule has 2 heterocycles. The Bertz CT molecular complexity index is 1010. The topological polar surface area (TPSA) is 68.6 Å². The van der Waals surface area contributed by atoms with E-state index < -0.39 is 23.6 Å². The molecule has 124 valence electrons. The van der Waals surface area contributed by atoms with Gasteiger partial charge in [0.15, 0.2) is 0 Å². The van der Waals surface area contributed by atoms with E-state index in [0.717, 1.165) is 5.39 Å². The number of carbonyl (C=O) groups is 3. The molecular weight excluding hydrogens is 327 g/mol. The smallest absolute Gasteiger partial charge is 0.336 e. The minimum Gasteiger partial charge on any atom is -0.336 e. The van der Waals surface area contributed by atoms with Crippen molar-refractivity contribution in [2.75, 3.05) is 0 Å². The van der Waals surface area contributed by atoms with Crippen LogP contribution < -0.4 is 0 Å². The van der Waals surface area contributed by atoms with Crippen molar-refractivity contribution in [3.63, 3.8) is 0 Å². The fourth-order valence-electron chi connectivity index (χ4n) is 2.81. The number of hydrogen-bond acceptors (Lipinski definition) is 4. The van der Waals surface area contributed by atoms with Crippen molar-refractivity contribution in [3.8, 4) is 0 Å². The van der Waals surface area contributed by atoms with Crippen LogP contribution in [0.15, 0.2) is 54.7 Å². The molecule has 1 aliphatic rings. The minimum absolute atomic E-state index is 0.189. The second-order valence-electron chi connectivity index (χ2n) is 5.56. The Balaban J connectivity index is 1.54. The third-order valence-corrected chi connectivity index (χ3v) is 3.99. The first-order chi connectivity index (χ1) is 12.0. The first kappa shape index (κ1) is 15.1. The number of hydroxylamine groups is 2. The molecule has 0 unspecified atom stereocenters. The lowest BCUT2D eigenvalue weighted by Crippen LogP contribution is -2.33. The van der Waals surface area contributed by atoms with Crippen LogP contribution in [0, 0.1) is 5.82 Å². The first-order valence-electron chi connectivity index (χ1n) is 7.47. The van der Waals surface area contributed by atoms with Gasteiger partial charge in [0.25, 0.3) is 11.8 Å². The van der Waals surface area contributed by atoms with E-state index in [1.807, 2.05) is 0 Å². The maximum Gasteiger partial charge on any atom is 0.352 e. The molecule has 1 aliphatic heterocycles. The molecule has 0 N–H and O–H groups in total. The van der Waals surface area contributed by atoms with Crippen molar-refractivity contribution in [1.29, 1.82) is 0 Å². The Morgan fingerprint density at radius 3 is 2.36 bits per heavy atom. The van der Waals surface area contributed by atoms with Crippen molar-refractivity contribution in [3.05, 3.63) is 71.7 Å². The summed E-state index contributed by atoms with van der Waals surface area (Å²) in [5, 5.41) is 1.22. The quantitative estimate of drug-likeness (QED) is 0.688. The first-order valence-corrected chi connectivity index (χ1v) is 7.47. The van der Waals surface area contributed by atoms with E-state index in [1.54, 1.807) is 30.5 Å². The Kier molecular flexibility index (Phi) is 3.35. The summed E-state index contributed by atoms with van der Waals surface area (Å²) in [5.41, 5.74) is 0.891. The number of fused-ring (bicyclic) bond motifs is 2. The van der Waals surface area contributed by atoms with Gasteiger partial charge in [0, 0.05) is 6.20 Å². The molecule has 4 rings (SSSR count). The molecule has 7 heteroatoms. The number of carbonyl (C=O) groups excluding carboxylic acids is 3. The summed E-state index contributed by atoms with van der Waals surface area (Å²) in [6.45, 7) is -0.264. The molecule has 1 aromatic heterocycles. The predicted molar refractivity (Wildman–Crippen MR) is 84.9 cm³/mol. The summed E-state index contributed by atoms with van der Waals surface area (Å²) < 4.78 is 14.9. The molecule has 0 bridgehead atoms. The number of rotatable bonds is 3. The van der Waals surface area contributed by atoms with Crippen LogP contribution in [-0.2, 0) is 16.2 Å². The number of nitrogens with zero attached hydrogens (tertiary/aromatic N) is 2. The summed E-state index contributed by atoms with van der Waals surface area (Å²) in [6.07, 6.45) is 1.60. The number of amides is 2. The fourth-order valence-corrected chi connectivity index (χ4v) is 2.81. The summed E-state index contributed by atoms with van der Waals surface area (Å²) in [4.78, 5) is 41.5. The van der Waals surface area contributed by atoms with Gasteiger partial charge in [-0.25, -0.2) is 9.18 Å². The van der Waals surface area contributed by atoms with Crippen molar-refractivity contribution >= 4 is 28.7 Å². The van der Waals surface area contributed by atoms with E-state index in [0.29, 0.717) is 10.6 Å². The van der Waals surface area contributed by atoms with E-state index in [9.17, 15) is 18.8 Å². The molecule has 0 spiro atoms. The zero-order chi connectivity index (χ0) is 17.6. The summed E-state index contributed by atoms with van der Waals surface area (Å²) in [6, 6.07) is 12.2. The van der Waals surface area contributed by atoms with E-state index in [-0.39, 0.29) is 17.7 Å². The maximum absolute atomic E-state index is 13.4. The highest BCUT2D eigenvalue weighted by Gasteiger charge is 2.38.